The highest BCUT2D eigenvalue weighted by Gasteiger charge is 2.01. The third-order valence-electron chi connectivity index (χ3n) is 2.26. The lowest BCUT2D eigenvalue weighted by atomic mass is 10.2. The Balaban J connectivity index is 2.27. The molecule has 0 bridgehead atoms. The van der Waals surface area contributed by atoms with E-state index in [0.29, 0.717) is 5.56 Å². The van der Waals surface area contributed by atoms with Crippen molar-refractivity contribution in [3.05, 3.63) is 58.1 Å². The molecule has 0 amide bonds. The first-order chi connectivity index (χ1) is 8.17. The van der Waals surface area contributed by atoms with Crippen LogP contribution in [0.15, 0.2) is 56.7 Å². The Morgan fingerprint density at radius 1 is 1.06 bits per heavy atom. The van der Waals surface area contributed by atoms with E-state index in [0.717, 1.165) is 9.37 Å². The first-order valence-electron chi connectivity index (χ1n) is 5.12. The Bertz CT molecular complexity index is 570. The second-order valence-electron chi connectivity index (χ2n) is 3.70. The molecule has 17 heavy (non-hydrogen) atoms. The van der Waals surface area contributed by atoms with Crippen molar-refractivity contribution >= 4 is 27.7 Å². The van der Waals surface area contributed by atoms with Crippen LogP contribution in [0.4, 0.5) is 0 Å². The fourth-order valence-electron chi connectivity index (χ4n) is 1.43. The van der Waals surface area contributed by atoms with E-state index in [2.05, 4.69) is 53.2 Å². The molecule has 0 aliphatic heterocycles. The average molecular weight is 304 g/mol. The predicted octanol–water partition coefficient (Wildman–Crippen LogP) is 4.78. The highest BCUT2D eigenvalue weighted by atomic mass is 79.9. The predicted molar refractivity (Wildman–Crippen MR) is 74.2 cm³/mol. The first-order valence-corrected chi connectivity index (χ1v) is 6.73. The lowest BCUT2D eigenvalue weighted by Gasteiger charge is -2.03. The molecule has 2 aromatic carbocycles. The molecule has 2 aromatic rings. The monoisotopic (exact) mass is 303 g/mol. The molecule has 0 aromatic heterocycles. The molecule has 0 saturated carbocycles. The van der Waals surface area contributed by atoms with Gasteiger partial charge in [-0.15, -0.1) is 0 Å². The minimum Gasteiger partial charge on any atom is -0.192 e. The van der Waals surface area contributed by atoms with Crippen LogP contribution in [0.25, 0.3) is 0 Å². The topological polar surface area (TPSA) is 23.8 Å². The maximum Gasteiger partial charge on any atom is 0.0992 e. The Hall–Kier alpha value is -1.24. The SMILES string of the molecule is Cc1ccc(Sc2cc(Br)cc(C#N)c2)cc1. The summed E-state index contributed by atoms with van der Waals surface area (Å²) in [7, 11) is 0. The van der Waals surface area contributed by atoms with Gasteiger partial charge in [-0.25, -0.2) is 0 Å². The van der Waals surface area contributed by atoms with Crippen LogP contribution in [0, 0.1) is 18.3 Å². The molecule has 2 rings (SSSR count). The number of nitrogens with zero attached hydrogens (tertiary/aromatic N) is 1. The average Bonchev–Trinajstić information content (AvgIpc) is 2.31. The molecule has 0 atom stereocenters. The molecule has 0 aliphatic rings. The molecule has 3 heteroatoms. The van der Waals surface area contributed by atoms with Crippen molar-refractivity contribution in [3.8, 4) is 6.07 Å². The first kappa shape index (κ1) is 12.2. The molecular formula is C14H10BrNS. The van der Waals surface area contributed by atoms with Crippen LogP contribution in [-0.4, -0.2) is 0 Å². The van der Waals surface area contributed by atoms with E-state index in [9.17, 15) is 0 Å². The van der Waals surface area contributed by atoms with Gasteiger partial charge in [0.05, 0.1) is 11.6 Å². The van der Waals surface area contributed by atoms with Gasteiger partial charge in [0.15, 0.2) is 0 Å². The Labute approximate surface area is 114 Å². The highest BCUT2D eigenvalue weighted by molar-refractivity contribution is 9.10. The molecule has 0 N–H and O–H groups in total. The van der Waals surface area contributed by atoms with E-state index in [1.807, 2.05) is 18.2 Å². The van der Waals surface area contributed by atoms with Gasteiger partial charge in [0, 0.05) is 14.3 Å². The van der Waals surface area contributed by atoms with Crippen molar-refractivity contribution in [3.63, 3.8) is 0 Å². The van der Waals surface area contributed by atoms with Gasteiger partial charge in [-0.1, -0.05) is 45.4 Å². The number of rotatable bonds is 2. The van der Waals surface area contributed by atoms with E-state index >= 15 is 0 Å². The molecule has 0 aliphatic carbocycles. The zero-order valence-electron chi connectivity index (χ0n) is 9.27. The van der Waals surface area contributed by atoms with Crippen molar-refractivity contribution in [1.29, 1.82) is 5.26 Å². The van der Waals surface area contributed by atoms with Gasteiger partial charge in [-0.3, -0.25) is 0 Å². The lowest BCUT2D eigenvalue weighted by Crippen LogP contribution is -1.79. The summed E-state index contributed by atoms with van der Waals surface area (Å²) < 4.78 is 0.936. The number of halogens is 1. The van der Waals surface area contributed by atoms with Crippen LogP contribution in [0.5, 0.6) is 0 Å². The van der Waals surface area contributed by atoms with Gasteiger partial charge in [-0.2, -0.15) is 5.26 Å². The second-order valence-corrected chi connectivity index (χ2v) is 5.77. The molecule has 0 fully saturated rings. The summed E-state index contributed by atoms with van der Waals surface area (Å²) >= 11 is 5.07. The van der Waals surface area contributed by atoms with Crippen molar-refractivity contribution < 1.29 is 0 Å². The molecule has 0 saturated heterocycles. The maximum atomic E-state index is 8.91. The number of hydrogen-bond acceptors (Lipinski definition) is 2. The van der Waals surface area contributed by atoms with Crippen LogP contribution >= 0.6 is 27.7 Å². The zero-order valence-corrected chi connectivity index (χ0v) is 11.7. The molecule has 1 nitrogen and oxygen atoms in total. The largest absolute Gasteiger partial charge is 0.192 e. The molecule has 0 radical (unpaired) electrons. The summed E-state index contributed by atoms with van der Waals surface area (Å²) in [6, 6.07) is 16.3. The van der Waals surface area contributed by atoms with Crippen LogP contribution < -0.4 is 0 Å². The Morgan fingerprint density at radius 3 is 2.41 bits per heavy atom. The van der Waals surface area contributed by atoms with Gasteiger partial charge in [0.1, 0.15) is 0 Å². The van der Waals surface area contributed by atoms with Crippen LogP contribution in [-0.2, 0) is 0 Å². The van der Waals surface area contributed by atoms with E-state index in [-0.39, 0.29) is 0 Å². The highest BCUT2D eigenvalue weighted by Crippen LogP contribution is 2.30. The van der Waals surface area contributed by atoms with E-state index in [4.69, 9.17) is 5.26 Å². The fourth-order valence-corrected chi connectivity index (χ4v) is 2.99. The van der Waals surface area contributed by atoms with Gasteiger partial charge >= 0.3 is 0 Å². The minimum atomic E-state index is 0.675. The number of nitriles is 1. The summed E-state index contributed by atoms with van der Waals surface area (Å²) in [5.74, 6) is 0. The molecular weight excluding hydrogens is 294 g/mol. The van der Waals surface area contributed by atoms with Crippen molar-refractivity contribution in [2.45, 2.75) is 16.7 Å². The standard InChI is InChI=1S/C14H10BrNS/c1-10-2-4-13(5-3-10)17-14-7-11(9-16)6-12(15)8-14/h2-8H,1H3. The fraction of sp³-hybridized carbons (Fsp3) is 0.0714. The van der Waals surface area contributed by atoms with Crippen molar-refractivity contribution in [2.75, 3.05) is 0 Å². The van der Waals surface area contributed by atoms with Gasteiger partial charge in [-0.05, 0) is 37.3 Å². The van der Waals surface area contributed by atoms with Crippen LogP contribution in [0.1, 0.15) is 11.1 Å². The summed E-state index contributed by atoms with van der Waals surface area (Å²) in [4.78, 5) is 2.25. The minimum absolute atomic E-state index is 0.675. The summed E-state index contributed by atoms with van der Waals surface area (Å²) in [5, 5.41) is 8.91. The Kier molecular flexibility index (Phi) is 3.88. The smallest absolute Gasteiger partial charge is 0.0992 e. The third-order valence-corrected chi connectivity index (χ3v) is 3.69. The van der Waals surface area contributed by atoms with E-state index in [1.165, 1.54) is 10.5 Å². The third kappa shape index (κ3) is 3.36. The van der Waals surface area contributed by atoms with E-state index in [1.54, 1.807) is 11.8 Å². The zero-order chi connectivity index (χ0) is 12.3. The van der Waals surface area contributed by atoms with Crippen LogP contribution in [0.2, 0.25) is 0 Å². The van der Waals surface area contributed by atoms with Crippen molar-refractivity contribution in [2.24, 2.45) is 0 Å². The summed E-state index contributed by atoms with van der Waals surface area (Å²) in [5.41, 5.74) is 1.93. The molecule has 0 unspecified atom stereocenters. The second kappa shape index (κ2) is 5.39. The normalized spacial score (nSPS) is 9.94. The molecule has 0 heterocycles. The number of benzene rings is 2. The molecule has 0 spiro atoms. The van der Waals surface area contributed by atoms with E-state index < -0.39 is 0 Å². The number of aryl methyl sites for hydroxylation is 1. The Morgan fingerprint density at radius 2 is 1.76 bits per heavy atom. The van der Waals surface area contributed by atoms with Gasteiger partial charge in [0.2, 0.25) is 0 Å². The van der Waals surface area contributed by atoms with Gasteiger partial charge in [0.25, 0.3) is 0 Å². The lowest BCUT2D eigenvalue weighted by molar-refractivity contribution is 1.34. The summed E-state index contributed by atoms with van der Waals surface area (Å²) in [6.45, 7) is 2.07. The van der Waals surface area contributed by atoms with Crippen molar-refractivity contribution in [1.82, 2.24) is 0 Å². The number of hydrogen-bond donors (Lipinski definition) is 0. The molecule has 84 valence electrons. The summed E-state index contributed by atoms with van der Waals surface area (Å²) in [6.07, 6.45) is 0. The quantitative estimate of drug-likeness (QED) is 0.797. The van der Waals surface area contributed by atoms with Crippen LogP contribution in [0.3, 0.4) is 0 Å². The van der Waals surface area contributed by atoms with Gasteiger partial charge < -0.3 is 0 Å². The maximum absolute atomic E-state index is 8.91.